The van der Waals surface area contributed by atoms with Gasteiger partial charge in [0, 0.05) is 17.6 Å². The fourth-order valence-corrected chi connectivity index (χ4v) is 2.35. The molecule has 2 bridgehead atoms. The number of rotatable bonds is 2. The van der Waals surface area contributed by atoms with Gasteiger partial charge in [0.2, 0.25) is 5.89 Å². The van der Waals surface area contributed by atoms with Crippen LogP contribution in [0.25, 0.3) is 10.8 Å². The lowest BCUT2D eigenvalue weighted by molar-refractivity contribution is 0.381. The van der Waals surface area contributed by atoms with Gasteiger partial charge in [-0.2, -0.15) is 4.98 Å². The molecule has 94 valence electrons. The van der Waals surface area contributed by atoms with Crippen molar-refractivity contribution in [3.8, 4) is 0 Å². The van der Waals surface area contributed by atoms with Crippen molar-refractivity contribution in [1.82, 2.24) is 10.1 Å². The normalized spacial score (nSPS) is 12.1. The van der Waals surface area contributed by atoms with E-state index in [1.807, 2.05) is 37.3 Å². The number of fused-ring (bicyclic) bond motifs is 3. The molecule has 4 aromatic rings. The number of benzene rings is 3. The van der Waals surface area contributed by atoms with Gasteiger partial charge in [-0.25, -0.2) is 0 Å². The third-order valence-corrected chi connectivity index (χ3v) is 3.48. The molecule has 5 heteroatoms. The molecular weight excluding hydrogens is 248 g/mol. The van der Waals surface area contributed by atoms with Crippen LogP contribution in [0.1, 0.15) is 12.8 Å². The third-order valence-electron chi connectivity index (χ3n) is 2.51. The Kier molecular flexibility index (Phi) is 4.04. The van der Waals surface area contributed by atoms with Crippen molar-refractivity contribution >= 4 is 21.6 Å². The molecule has 0 saturated carbocycles. The van der Waals surface area contributed by atoms with Crippen molar-refractivity contribution in [3.63, 3.8) is 0 Å². The van der Waals surface area contributed by atoms with E-state index in [2.05, 4.69) is 14.7 Å². The van der Waals surface area contributed by atoms with Gasteiger partial charge in [0.25, 0.3) is 0 Å². The minimum atomic E-state index is -0.851. The Morgan fingerprint density at radius 3 is 2.28 bits per heavy atom. The highest BCUT2D eigenvalue weighted by Crippen LogP contribution is 2.20. The van der Waals surface area contributed by atoms with E-state index < -0.39 is 10.8 Å². The first kappa shape index (κ1) is 12.7. The van der Waals surface area contributed by atoms with Crippen molar-refractivity contribution in [1.29, 1.82) is 0 Å². The van der Waals surface area contributed by atoms with Gasteiger partial charge < -0.3 is 4.52 Å². The summed E-state index contributed by atoms with van der Waals surface area (Å²) in [5, 5.41) is 5.63. The molecule has 4 nitrogen and oxygen atoms in total. The lowest BCUT2D eigenvalue weighted by Gasteiger charge is -2.03. The lowest BCUT2D eigenvalue weighted by atomic mass is 10.1. The molecule has 0 aliphatic rings. The van der Waals surface area contributed by atoms with Crippen molar-refractivity contribution in [2.45, 2.75) is 18.2 Å². The largest absolute Gasteiger partial charge is 0.340 e. The molecule has 0 aliphatic heterocycles. The summed E-state index contributed by atoms with van der Waals surface area (Å²) in [6.45, 7) is 1.97. The lowest BCUT2D eigenvalue weighted by Crippen LogP contribution is -1.89. The first-order valence-electron chi connectivity index (χ1n) is 5.62. The molecule has 18 heavy (non-hydrogen) atoms. The SMILES string of the molecule is CCc1ncno1.CS(=O)c1cc2ccc1cc2. The Bertz CT molecular complexity index is 602. The van der Waals surface area contributed by atoms with Gasteiger partial charge in [-0.05, 0) is 16.8 Å². The van der Waals surface area contributed by atoms with E-state index in [1.54, 1.807) is 6.26 Å². The van der Waals surface area contributed by atoms with Gasteiger partial charge in [0.1, 0.15) is 0 Å². The molecule has 0 spiro atoms. The van der Waals surface area contributed by atoms with Crippen LogP contribution >= 0.6 is 0 Å². The van der Waals surface area contributed by atoms with E-state index >= 15 is 0 Å². The van der Waals surface area contributed by atoms with Crippen LogP contribution in [0.2, 0.25) is 0 Å². The molecule has 1 aromatic heterocycles. The van der Waals surface area contributed by atoms with Crippen molar-refractivity contribution in [2.75, 3.05) is 6.26 Å². The smallest absolute Gasteiger partial charge is 0.226 e. The monoisotopic (exact) mass is 262 g/mol. The molecule has 1 heterocycles. The molecule has 0 N–H and O–H groups in total. The Balaban J connectivity index is 0.000000149. The minimum Gasteiger partial charge on any atom is -0.340 e. The van der Waals surface area contributed by atoms with Crippen LogP contribution in [0.15, 0.2) is 46.1 Å². The first-order valence-corrected chi connectivity index (χ1v) is 7.17. The zero-order chi connectivity index (χ0) is 13.0. The summed E-state index contributed by atoms with van der Waals surface area (Å²) in [5.74, 6) is 0.694. The summed E-state index contributed by atoms with van der Waals surface area (Å²) >= 11 is 0. The van der Waals surface area contributed by atoms with E-state index in [0.717, 1.165) is 22.1 Å². The standard InChI is InChI=1S/C9H8OS.C4H6N2O/c1-11(10)9-6-7-2-4-8(9)5-3-7;1-2-4-5-3-6-7-4/h2-6H,1H3;3H,2H2,1H3. The number of hydrogen-bond acceptors (Lipinski definition) is 4. The topological polar surface area (TPSA) is 56.0 Å². The molecule has 0 fully saturated rings. The second kappa shape index (κ2) is 5.73. The Morgan fingerprint density at radius 2 is 2.00 bits per heavy atom. The van der Waals surface area contributed by atoms with Crippen LogP contribution in [0.4, 0.5) is 0 Å². The summed E-state index contributed by atoms with van der Waals surface area (Å²) in [6.07, 6.45) is 3.93. The first-order chi connectivity index (χ1) is 8.70. The molecule has 0 aliphatic carbocycles. The highest BCUT2D eigenvalue weighted by Gasteiger charge is 2.02. The van der Waals surface area contributed by atoms with E-state index in [1.165, 1.54) is 6.33 Å². The fourth-order valence-electron chi connectivity index (χ4n) is 1.58. The average molecular weight is 262 g/mol. The number of aromatic nitrogens is 2. The van der Waals surface area contributed by atoms with Crippen LogP contribution in [-0.2, 0) is 17.2 Å². The van der Waals surface area contributed by atoms with E-state index in [0.29, 0.717) is 5.89 Å². The van der Waals surface area contributed by atoms with Crippen molar-refractivity contribution in [2.24, 2.45) is 0 Å². The maximum Gasteiger partial charge on any atom is 0.226 e. The van der Waals surface area contributed by atoms with E-state index in [9.17, 15) is 4.21 Å². The quantitative estimate of drug-likeness (QED) is 0.712. The number of nitrogens with zero attached hydrogens (tertiary/aromatic N) is 2. The number of hydrogen-bond donors (Lipinski definition) is 0. The van der Waals surface area contributed by atoms with Gasteiger partial charge >= 0.3 is 0 Å². The maximum atomic E-state index is 11.1. The van der Waals surface area contributed by atoms with Crippen LogP contribution in [0.5, 0.6) is 0 Å². The van der Waals surface area contributed by atoms with E-state index in [-0.39, 0.29) is 0 Å². The van der Waals surface area contributed by atoms with Gasteiger partial charge in [0.15, 0.2) is 6.33 Å². The summed E-state index contributed by atoms with van der Waals surface area (Å²) < 4.78 is 15.8. The molecular formula is C13H14N2O2S. The van der Waals surface area contributed by atoms with Gasteiger partial charge in [-0.15, -0.1) is 0 Å². The predicted octanol–water partition coefficient (Wildman–Crippen LogP) is 2.65. The van der Waals surface area contributed by atoms with Crippen molar-refractivity contribution < 1.29 is 8.73 Å². The summed E-state index contributed by atoms with van der Waals surface area (Å²) in [4.78, 5) is 4.71. The zero-order valence-electron chi connectivity index (χ0n) is 10.3. The highest BCUT2D eigenvalue weighted by molar-refractivity contribution is 7.84. The molecule has 0 saturated heterocycles. The molecule has 0 amide bonds. The van der Waals surface area contributed by atoms with Crippen LogP contribution in [-0.4, -0.2) is 20.6 Å². The Morgan fingerprint density at radius 1 is 1.28 bits per heavy atom. The predicted molar refractivity (Wildman–Crippen MR) is 71.1 cm³/mol. The molecule has 1 atom stereocenters. The van der Waals surface area contributed by atoms with E-state index in [4.69, 9.17) is 0 Å². The second-order valence-corrected chi connectivity index (χ2v) is 5.12. The van der Waals surface area contributed by atoms with Gasteiger partial charge in [-0.1, -0.05) is 36.3 Å². The van der Waals surface area contributed by atoms with Crippen LogP contribution < -0.4 is 0 Å². The summed E-state index contributed by atoms with van der Waals surface area (Å²) in [5.41, 5.74) is 0. The Hall–Kier alpha value is -1.75. The zero-order valence-corrected chi connectivity index (χ0v) is 11.1. The van der Waals surface area contributed by atoms with Gasteiger partial charge in [-0.3, -0.25) is 4.21 Å². The maximum absolute atomic E-state index is 11.1. The summed E-state index contributed by atoms with van der Waals surface area (Å²) in [6, 6.07) is 10.1. The highest BCUT2D eigenvalue weighted by atomic mass is 32.2. The van der Waals surface area contributed by atoms with Gasteiger partial charge in [0.05, 0.1) is 10.8 Å². The summed E-state index contributed by atoms with van der Waals surface area (Å²) in [7, 11) is -0.851. The molecule has 0 radical (unpaired) electrons. The van der Waals surface area contributed by atoms with Crippen molar-refractivity contribution in [3.05, 3.63) is 42.5 Å². The molecule has 1 unspecified atom stereocenters. The van der Waals surface area contributed by atoms with Crippen LogP contribution in [0, 0.1) is 0 Å². The third kappa shape index (κ3) is 2.92. The minimum absolute atomic E-state index is 0.694. The molecule has 4 rings (SSSR count). The second-order valence-electron chi connectivity index (χ2n) is 3.77. The van der Waals surface area contributed by atoms with Crippen LogP contribution in [0.3, 0.4) is 0 Å². The molecule has 3 aromatic carbocycles. The number of aryl methyl sites for hydroxylation is 1. The fraction of sp³-hybridized carbons (Fsp3) is 0.231. The Labute approximate surface area is 108 Å². The average Bonchev–Trinajstić information content (AvgIpc) is 2.94.